The molecule has 2 heterocycles. The summed E-state index contributed by atoms with van der Waals surface area (Å²) in [6, 6.07) is 10.2. The van der Waals surface area contributed by atoms with Crippen molar-refractivity contribution in [1.82, 2.24) is 4.98 Å². The number of hydrogen-bond acceptors (Lipinski definition) is 6. The lowest BCUT2D eigenvalue weighted by Gasteiger charge is -2.38. The maximum atomic E-state index is 12.9. The van der Waals surface area contributed by atoms with E-state index in [1.165, 1.54) is 17.0 Å². The van der Waals surface area contributed by atoms with Gasteiger partial charge in [-0.2, -0.15) is 0 Å². The van der Waals surface area contributed by atoms with Gasteiger partial charge < -0.3 is 14.9 Å². The lowest BCUT2D eigenvalue weighted by molar-refractivity contribution is -0.389. The van der Waals surface area contributed by atoms with Gasteiger partial charge in [0, 0.05) is 11.6 Å². The van der Waals surface area contributed by atoms with Crippen molar-refractivity contribution in [2.45, 2.75) is 32.4 Å². The Morgan fingerprint density at radius 3 is 2.50 bits per heavy atom. The summed E-state index contributed by atoms with van der Waals surface area (Å²) in [4.78, 5) is 41.3. The summed E-state index contributed by atoms with van der Waals surface area (Å²) in [6.45, 7) is 4.72. The third kappa shape index (κ3) is 2.90. The number of carbonyl (C=O) groups is 2. The topological polar surface area (TPSA) is 103 Å². The van der Waals surface area contributed by atoms with Gasteiger partial charge in [0.25, 0.3) is 11.7 Å². The minimum atomic E-state index is -1.23. The second-order valence-corrected chi connectivity index (χ2v) is 6.44. The van der Waals surface area contributed by atoms with E-state index in [4.69, 9.17) is 4.74 Å². The van der Waals surface area contributed by atoms with Crippen molar-refractivity contribution < 1.29 is 19.2 Å². The highest BCUT2D eigenvalue weighted by atomic mass is 16.6. The molecule has 2 aromatic rings. The first-order valence-corrected chi connectivity index (χ1v) is 8.00. The Balaban J connectivity index is 2.10. The summed E-state index contributed by atoms with van der Waals surface area (Å²) in [5.41, 5.74) is -0.792. The molecule has 1 aliphatic heterocycles. The maximum Gasteiger partial charge on any atom is 0.366 e. The Hall–Kier alpha value is -3.29. The lowest BCUT2D eigenvalue weighted by atomic mass is 9.99. The molecule has 1 aromatic heterocycles. The van der Waals surface area contributed by atoms with E-state index in [2.05, 4.69) is 4.98 Å². The Bertz CT molecular complexity index is 895. The van der Waals surface area contributed by atoms with Crippen molar-refractivity contribution in [2.75, 3.05) is 4.90 Å². The van der Waals surface area contributed by atoms with Gasteiger partial charge >= 0.3 is 5.82 Å². The predicted octanol–water partition coefficient (Wildman–Crippen LogP) is 2.77. The van der Waals surface area contributed by atoms with Crippen LogP contribution in [0.3, 0.4) is 0 Å². The molecular weight excluding hydrogens is 338 g/mol. The number of carbonyl (C=O) groups excluding carboxylic acids is 2. The van der Waals surface area contributed by atoms with E-state index < -0.39 is 28.3 Å². The van der Waals surface area contributed by atoms with Crippen LogP contribution < -0.4 is 9.64 Å². The van der Waals surface area contributed by atoms with E-state index in [-0.39, 0.29) is 17.4 Å². The van der Waals surface area contributed by atoms with Crippen LogP contribution >= 0.6 is 0 Å². The smallest absolute Gasteiger partial charge is 0.366 e. The highest BCUT2D eigenvalue weighted by molar-refractivity contribution is 6.10. The molecule has 3 rings (SSSR count). The molecule has 1 amide bonds. The van der Waals surface area contributed by atoms with Crippen LogP contribution in [0.15, 0.2) is 42.5 Å². The highest BCUT2D eigenvalue weighted by Crippen LogP contribution is 2.39. The minimum Gasteiger partial charge on any atom is -0.472 e. The number of nitro groups is 1. The third-order valence-electron chi connectivity index (χ3n) is 4.16. The van der Waals surface area contributed by atoms with E-state index in [1.807, 2.05) is 0 Å². The summed E-state index contributed by atoms with van der Waals surface area (Å²) in [6.07, 6.45) is 0. The van der Waals surface area contributed by atoms with Crippen LogP contribution in [-0.2, 0) is 4.79 Å². The summed E-state index contributed by atoms with van der Waals surface area (Å²) >= 11 is 0. The first-order valence-electron chi connectivity index (χ1n) is 8.00. The number of anilines is 1. The van der Waals surface area contributed by atoms with E-state index in [0.29, 0.717) is 5.56 Å². The van der Waals surface area contributed by atoms with Crippen LogP contribution in [0.5, 0.6) is 5.75 Å². The number of benzene rings is 1. The number of fused-ring (bicyclic) bond motifs is 1. The number of amides is 1. The number of nitrogens with zero attached hydrogens (tertiary/aromatic N) is 3. The van der Waals surface area contributed by atoms with Crippen molar-refractivity contribution in [3.05, 3.63) is 58.1 Å². The van der Waals surface area contributed by atoms with Crippen molar-refractivity contribution >= 4 is 23.3 Å². The van der Waals surface area contributed by atoms with Gasteiger partial charge in [0.05, 0.1) is 0 Å². The molecule has 0 N–H and O–H groups in total. The number of pyridine rings is 1. The Kier molecular flexibility index (Phi) is 4.19. The highest BCUT2D eigenvalue weighted by Gasteiger charge is 2.47. The average molecular weight is 355 g/mol. The Labute approximate surface area is 149 Å². The van der Waals surface area contributed by atoms with Crippen LogP contribution in [0, 0.1) is 10.1 Å². The zero-order valence-electron chi connectivity index (χ0n) is 14.5. The molecule has 0 saturated heterocycles. The molecule has 0 fully saturated rings. The summed E-state index contributed by atoms with van der Waals surface area (Å²) < 4.78 is 5.64. The van der Waals surface area contributed by atoms with Crippen molar-refractivity contribution in [3.63, 3.8) is 0 Å². The molecule has 0 spiro atoms. The van der Waals surface area contributed by atoms with Crippen molar-refractivity contribution in [3.8, 4) is 5.75 Å². The van der Waals surface area contributed by atoms with Crippen molar-refractivity contribution in [2.24, 2.45) is 0 Å². The van der Waals surface area contributed by atoms with Crippen LogP contribution in [0.2, 0.25) is 0 Å². The van der Waals surface area contributed by atoms with Gasteiger partial charge in [-0.25, -0.2) is 0 Å². The van der Waals surface area contributed by atoms with Crippen LogP contribution in [0.1, 0.15) is 31.1 Å². The fourth-order valence-corrected chi connectivity index (χ4v) is 2.80. The van der Waals surface area contributed by atoms with Crippen LogP contribution in [-0.4, -0.2) is 33.2 Å². The number of Topliss-reactive ketones (excluding diaryl/α,β-unsaturated/α-hetero) is 1. The zero-order chi connectivity index (χ0) is 19.1. The summed E-state index contributed by atoms with van der Waals surface area (Å²) in [7, 11) is 0. The monoisotopic (exact) mass is 355 g/mol. The number of ketones is 1. The largest absolute Gasteiger partial charge is 0.472 e. The van der Waals surface area contributed by atoms with Gasteiger partial charge in [-0.1, -0.05) is 30.3 Å². The second-order valence-electron chi connectivity index (χ2n) is 6.44. The van der Waals surface area contributed by atoms with E-state index in [0.717, 1.165) is 0 Å². The van der Waals surface area contributed by atoms with Gasteiger partial charge in [0.15, 0.2) is 17.1 Å². The van der Waals surface area contributed by atoms with E-state index in [1.54, 1.807) is 51.1 Å². The van der Waals surface area contributed by atoms with Crippen LogP contribution in [0.4, 0.5) is 11.6 Å². The molecule has 8 heteroatoms. The molecule has 1 aromatic carbocycles. The van der Waals surface area contributed by atoms with Gasteiger partial charge in [0.2, 0.25) is 0 Å². The molecule has 0 bridgehead atoms. The Morgan fingerprint density at radius 1 is 1.23 bits per heavy atom. The second kappa shape index (κ2) is 6.21. The molecule has 26 heavy (non-hydrogen) atoms. The first kappa shape index (κ1) is 17.5. The number of rotatable bonds is 4. The fourth-order valence-electron chi connectivity index (χ4n) is 2.80. The molecule has 0 saturated carbocycles. The molecular formula is C18H17N3O5. The number of ether oxygens (including phenoxy) is 1. The third-order valence-corrected chi connectivity index (χ3v) is 4.16. The Morgan fingerprint density at radius 2 is 1.88 bits per heavy atom. The molecule has 8 nitrogen and oxygen atoms in total. The van der Waals surface area contributed by atoms with Gasteiger partial charge in [0.1, 0.15) is 6.04 Å². The quantitative estimate of drug-likeness (QED) is 0.475. The lowest BCUT2D eigenvalue weighted by Crippen LogP contribution is -2.57. The summed E-state index contributed by atoms with van der Waals surface area (Å²) in [5, 5.41) is 11.1. The fraction of sp³-hybridized carbons (Fsp3) is 0.278. The summed E-state index contributed by atoms with van der Waals surface area (Å²) in [5.74, 6) is -1.02. The SMILES string of the molecule is CC(C(=O)c1ccccc1)N1C(=O)C(C)(C)Oc2ccc([N+](=O)[O-])nc21. The number of aromatic nitrogens is 1. The number of hydrogen-bond donors (Lipinski definition) is 0. The minimum absolute atomic E-state index is 0.0275. The van der Waals surface area contributed by atoms with E-state index >= 15 is 0 Å². The predicted molar refractivity (Wildman–Crippen MR) is 93.3 cm³/mol. The first-order chi connectivity index (χ1) is 12.2. The zero-order valence-corrected chi connectivity index (χ0v) is 14.5. The van der Waals surface area contributed by atoms with Gasteiger partial charge in [-0.15, -0.1) is 0 Å². The molecule has 134 valence electrons. The standard InChI is InChI=1S/C18H17N3O5/c1-11(15(22)12-7-5-4-6-8-12)20-16-13(26-18(2,3)17(20)23)9-10-14(19-16)21(24)25/h4-11H,1-3H3. The maximum absolute atomic E-state index is 12.9. The molecule has 1 aliphatic rings. The molecule has 0 aliphatic carbocycles. The molecule has 1 unspecified atom stereocenters. The average Bonchev–Trinajstić information content (AvgIpc) is 2.61. The van der Waals surface area contributed by atoms with Crippen LogP contribution in [0.25, 0.3) is 0 Å². The normalized spacial score (nSPS) is 16.4. The van der Waals surface area contributed by atoms with Gasteiger partial charge in [-0.3, -0.25) is 14.5 Å². The van der Waals surface area contributed by atoms with E-state index in [9.17, 15) is 19.7 Å². The van der Waals surface area contributed by atoms with Gasteiger partial charge in [-0.05, 0) is 36.7 Å². The molecule has 0 radical (unpaired) electrons. The molecule has 1 atom stereocenters. The van der Waals surface area contributed by atoms with Crippen molar-refractivity contribution in [1.29, 1.82) is 0 Å².